The minimum Gasteiger partial charge on any atom is -0.308 e. The summed E-state index contributed by atoms with van der Waals surface area (Å²) in [5, 5.41) is 27.7. The first-order valence-electron chi connectivity index (χ1n) is 15.2. The third kappa shape index (κ3) is 3.65. The van der Waals surface area contributed by atoms with Crippen LogP contribution in [0.2, 0.25) is 0 Å². The Bertz CT molecular complexity index is 2710. The third-order valence-electron chi connectivity index (χ3n) is 9.18. The van der Waals surface area contributed by atoms with Crippen molar-refractivity contribution in [2.24, 2.45) is 0 Å². The van der Waals surface area contributed by atoms with Crippen molar-refractivity contribution in [3.63, 3.8) is 0 Å². The van der Waals surface area contributed by atoms with E-state index in [0.29, 0.717) is 11.1 Å². The highest BCUT2D eigenvalue weighted by atomic mass is 15.0. The summed E-state index contributed by atoms with van der Waals surface area (Å²) < 4.78 is 4.35. The van der Waals surface area contributed by atoms with Gasteiger partial charge in [-0.15, -0.1) is 0 Å². The SMILES string of the molecule is N#Cc1cc(C#N)c(-n2c3ccc(-c4ccccc4)cc3c3c4ccccc4ccc32)cc1-n1c2ccccc2c2ccccc21. The molecule has 0 N–H and O–H groups in total. The van der Waals surface area contributed by atoms with Crippen LogP contribution >= 0.6 is 0 Å². The van der Waals surface area contributed by atoms with E-state index < -0.39 is 0 Å². The standard InChI is InChI=1S/C42H24N4/c43-25-30-22-31(26-44)41(24-40(30)45-36-16-8-6-14-33(36)34-15-7-9-17-37(34)45)46-38-20-19-29(27-10-2-1-3-11-27)23-35(38)42-32-13-5-4-12-28(32)18-21-39(42)46/h1-24H. The number of benzene rings is 7. The van der Waals surface area contributed by atoms with Gasteiger partial charge in [-0.2, -0.15) is 10.5 Å². The molecule has 0 aliphatic carbocycles. The zero-order chi connectivity index (χ0) is 30.8. The highest BCUT2D eigenvalue weighted by Crippen LogP contribution is 2.41. The van der Waals surface area contributed by atoms with E-state index >= 15 is 0 Å². The third-order valence-corrected chi connectivity index (χ3v) is 9.18. The molecule has 0 aliphatic heterocycles. The number of aromatic nitrogens is 2. The summed E-state index contributed by atoms with van der Waals surface area (Å²) in [6.45, 7) is 0. The Balaban J connectivity index is 1.42. The lowest BCUT2D eigenvalue weighted by molar-refractivity contribution is 1.12. The molecule has 2 heterocycles. The van der Waals surface area contributed by atoms with Gasteiger partial charge in [-0.05, 0) is 64.4 Å². The van der Waals surface area contributed by atoms with Crippen LogP contribution in [-0.4, -0.2) is 9.13 Å². The summed E-state index contributed by atoms with van der Waals surface area (Å²) in [5.41, 5.74) is 8.68. The maximum absolute atomic E-state index is 10.5. The molecule has 0 aliphatic rings. The van der Waals surface area contributed by atoms with Crippen molar-refractivity contribution in [1.82, 2.24) is 9.13 Å². The molecule has 0 saturated carbocycles. The van der Waals surface area contributed by atoms with E-state index in [2.05, 4.69) is 124 Å². The fourth-order valence-corrected chi connectivity index (χ4v) is 7.17. The highest BCUT2D eigenvalue weighted by molar-refractivity contribution is 6.22. The highest BCUT2D eigenvalue weighted by Gasteiger charge is 2.22. The Morgan fingerprint density at radius 2 is 0.935 bits per heavy atom. The summed E-state index contributed by atoms with van der Waals surface area (Å²) in [5.74, 6) is 0. The molecule has 0 unspecified atom stereocenters. The lowest BCUT2D eigenvalue weighted by atomic mass is 10.0. The molecule has 4 nitrogen and oxygen atoms in total. The van der Waals surface area contributed by atoms with Crippen LogP contribution in [0.3, 0.4) is 0 Å². The van der Waals surface area contributed by atoms with Crippen molar-refractivity contribution in [2.75, 3.05) is 0 Å². The van der Waals surface area contributed by atoms with Crippen LogP contribution in [0.4, 0.5) is 0 Å². The summed E-state index contributed by atoms with van der Waals surface area (Å²) >= 11 is 0. The molecule has 9 rings (SSSR count). The summed E-state index contributed by atoms with van der Waals surface area (Å²) in [7, 11) is 0. The van der Waals surface area contributed by atoms with Gasteiger partial charge in [0.15, 0.2) is 0 Å². The van der Waals surface area contributed by atoms with Crippen LogP contribution in [-0.2, 0) is 0 Å². The van der Waals surface area contributed by atoms with E-state index in [1.165, 1.54) is 0 Å². The fraction of sp³-hybridized carbons (Fsp3) is 0. The van der Waals surface area contributed by atoms with Gasteiger partial charge in [0.2, 0.25) is 0 Å². The minimum absolute atomic E-state index is 0.445. The molecule has 0 atom stereocenters. The van der Waals surface area contributed by atoms with E-state index in [-0.39, 0.29) is 0 Å². The Hall–Kier alpha value is -6.62. The number of hydrogen-bond donors (Lipinski definition) is 0. The minimum atomic E-state index is 0.445. The van der Waals surface area contributed by atoms with Crippen LogP contribution in [0.5, 0.6) is 0 Å². The van der Waals surface area contributed by atoms with Crippen molar-refractivity contribution < 1.29 is 0 Å². The molecule has 7 aromatic carbocycles. The summed E-state index contributed by atoms with van der Waals surface area (Å²) in [6, 6.07) is 54.9. The molecule has 0 fully saturated rings. The van der Waals surface area contributed by atoms with Gasteiger partial charge in [-0.25, -0.2) is 0 Å². The zero-order valence-corrected chi connectivity index (χ0v) is 24.6. The van der Waals surface area contributed by atoms with Gasteiger partial charge in [-0.1, -0.05) is 103 Å². The topological polar surface area (TPSA) is 57.4 Å². The van der Waals surface area contributed by atoms with Crippen molar-refractivity contribution >= 4 is 54.4 Å². The lowest BCUT2D eigenvalue weighted by Gasteiger charge is -2.16. The van der Waals surface area contributed by atoms with Crippen molar-refractivity contribution in [3.05, 3.63) is 157 Å². The molecular weight excluding hydrogens is 560 g/mol. The smallest absolute Gasteiger partial charge is 0.101 e. The Kier molecular flexibility index (Phi) is 5.59. The second-order valence-electron chi connectivity index (χ2n) is 11.6. The molecule has 0 spiro atoms. The Labute approximate surface area is 264 Å². The average Bonchev–Trinajstić information content (AvgIpc) is 3.64. The molecule has 0 bridgehead atoms. The molecule has 9 aromatic rings. The van der Waals surface area contributed by atoms with Crippen LogP contribution in [0.25, 0.3) is 76.9 Å². The van der Waals surface area contributed by atoms with E-state index in [4.69, 9.17) is 0 Å². The summed E-state index contributed by atoms with van der Waals surface area (Å²) in [4.78, 5) is 0. The molecule has 4 heteroatoms. The fourth-order valence-electron chi connectivity index (χ4n) is 7.17. The van der Waals surface area contributed by atoms with Crippen LogP contribution < -0.4 is 0 Å². The van der Waals surface area contributed by atoms with Crippen molar-refractivity contribution in [1.29, 1.82) is 10.5 Å². The molecule has 0 saturated heterocycles. The first-order valence-corrected chi connectivity index (χ1v) is 15.2. The van der Waals surface area contributed by atoms with E-state index in [1.807, 2.05) is 36.4 Å². The number of nitrogens with zero attached hydrogens (tertiary/aromatic N) is 4. The van der Waals surface area contributed by atoms with E-state index in [0.717, 1.165) is 76.9 Å². The molecule has 212 valence electrons. The van der Waals surface area contributed by atoms with E-state index in [1.54, 1.807) is 6.07 Å². The van der Waals surface area contributed by atoms with Gasteiger partial charge in [0.1, 0.15) is 12.1 Å². The van der Waals surface area contributed by atoms with E-state index in [9.17, 15) is 10.5 Å². The number of nitriles is 2. The normalized spacial score (nSPS) is 11.4. The maximum atomic E-state index is 10.5. The predicted molar refractivity (Wildman–Crippen MR) is 187 cm³/mol. The van der Waals surface area contributed by atoms with Gasteiger partial charge in [-0.3, -0.25) is 0 Å². The monoisotopic (exact) mass is 584 g/mol. The van der Waals surface area contributed by atoms with Gasteiger partial charge in [0, 0.05) is 21.5 Å². The second kappa shape index (κ2) is 9.96. The number of fused-ring (bicyclic) bond motifs is 8. The molecule has 46 heavy (non-hydrogen) atoms. The lowest BCUT2D eigenvalue weighted by Crippen LogP contribution is -2.04. The van der Waals surface area contributed by atoms with Gasteiger partial charge < -0.3 is 9.13 Å². The summed E-state index contributed by atoms with van der Waals surface area (Å²) in [6.07, 6.45) is 0. The van der Waals surface area contributed by atoms with Gasteiger partial charge in [0.05, 0.1) is 44.6 Å². The quantitative estimate of drug-likeness (QED) is 0.207. The number of rotatable bonds is 3. The van der Waals surface area contributed by atoms with Crippen LogP contribution in [0.15, 0.2) is 146 Å². The average molecular weight is 585 g/mol. The van der Waals surface area contributed by atoms with Crippen LogP contribution in [0.1, 0.15) is 11.1 Å². The van der Waals surface area contributed by atoms with Crippen molar-refractivity contribution in [2.45, 2.75) is 0 Å². The second-order valence-corrected chi connectivity index (χ2v) is 11.6. The van der Waals surface area contributed by atoms with Crippen molar-refractivity contribution in [3.8, 4) is 34.6 Å². The Morgan fingerprint density at radius 1 is 0.391 bits per heavy atom. The van der Waals surface area contributed by atoms with Crippen LogP contribution in [0, 0.1) is 22.7 Å². The maximum Gasteiger partial charge on any atom is 0.101 e. The first kappa shape index (κ1) is 25.8. The van der Waals surface area contributed by atoms with Gasteiger partial charge >= 0.3 is 0 Å². The molecular formula is C42H24N4. The van der Waals surface area contributed by atoms with Gasteiger partial charge in [0.25, 0.3) is 0 Å². The molecule has 0 radical (unpaired) electrons. The number of hydrogen-bond acceptors (Lipinski definition) is 2. The molecule has 2 aromatic heterocycles. The Morgan fingerprint density at radius 3 is 1.61 bits per heavy atom. The molecule has 0 amide bonds. The zero-order valence-electron chi connectivity index (χ0n) is 24.6. The first-order chi connectivity index (χ1) is 22.7. The predicted octanol–water partition coefficient (Wildman–Crippen LogP) is 10.4. The largest absolute Gasteiger partial charge is 0.308 e. The number of para-hydroxylation sites is 2.